The fourth-order valence-electron chi connectivity index (χ4n) is 12.3. The van der Waals surface area contributed by atoms with Crippen molar-refractivity contribution in [2.24, 2.45) is 5.10 Å². The molecule has 2 aliphatic carbocycles. The van der Waals surface area contributed by atoms with E-state index in [1.54, 1.807) is 41.9 Å². The second-order valence-corrected chi connectivity index (χ2v) is 22.7. The van der Waals surface area contributed by atoms with E-state index in [0.29, 0.717) is 5.69 Å². The summed E-state index contributed by atoms with van der Waals surface area (Å²) in [5, 5.41) is 15.3. The van der Waals surface area contributed by atoms with Gasteiger partial charge in [-0.15, -0.1) is 22.7 Å². The van der Waals surface area contributed by atoms with Crippen LogP contribution >= 0.6 is 22.7 Å². The van der Waals surface area contributed by atoms with Crippen molar-refractivity contribution in [1.82, 2.24) is 4.98 Å². The number of aromatic nitrogens is 1. The van der Waals surface area contributed by atoms with Gasteiger partial charge in [-0.05, 0) is 155 Å². The molecular formula is C66H64N4O3S2. The minimum atomic E-state index is -1.25. The molecule has 0 radical (unpaired) electrons. The molecule has 3 aromatic heterocycles. The van der Waals surface area contributed by atoms with Crippen LogP contribution in [0.4, 0.5) is 22.7 Å². The number of pyridine rings is 1. The SMILES string of the molecule is CCCCC1(CCCC)c2ccccc2-c2ccc(N(c3ccc(-c4ccc(-c5ccc(C=C6C(=O)N(c7ccncc7)N=C6C(=O)O)s5)s4)cc3)c3ccc4c(c3)C(CCCC)(CCCC)c3ccccc3-4)cc21. The highest BCUT2D eigenvalue weighted by Crippen LogP contribution is 2.58. The maximum atomic E-state index is 13.5. The van der Waals surface area contributed by atoms with E-state index in [1.807, 2.05) is 12.1 Å². The molecule has 0 saturated heterocycles. The molecule has 5 aromatic carbocycles. The lowest BCUT2D eigenvalue weighted by atomic mass is 9.70. The Bertz CT molecular complexity index is 3340. The molecule has 9 heteroatoms. The van der Waals surface area contributed by atoms with Gasteiger partial charge in [-0.3, -0.25) is 9.78 Å². The summed E-state index contributed by atoms with van der Waals surface area (Å²) < 4.78 is 0. The molecule has 1 aliphatic heterocycles. The number of fused-ring (bicyclic) bond motifs is 6. The number of amides is 1. The summed E-state index contributed by atoms with van der Waals surface area (Å²) in [6.45, 7) is 9.31. The van der Waals surface area contributed by atoms with Gasteiger partial charge in [0.25, 0.3) is 5.91 Å². The van der Waals surface area contributed by atoms with Gasteiger partial charge in [-0.1, -0.05) is 152 Å². The Morgan fingerprint density at radius 2 is 1.04 bits per heavy atom. The Hall–Kier alpha value is -7.20. The van der Waals surface area contributed by atoms with Crippen LogP contribution in [0.3, 0.4) is 0 Å². The van der Waals surface area contributed by atoms with Gasteiger partial charge >= 0.3 is 5.97 Å². The smallest absolute Gasteiger partial charge is 0.357 e. The van der Waals surface area contributed by atoms with Crippen LogP contribution in [-0.4, -0.2) is 27.7 Å². The third-order valence-corrected chi connectivity index (χ3v) is 18.4. The van der Waals surface area contributed by atoms with Crippen molar-refractivity contribution in [1.29, 1.82) is 0 Å². The number of carbonyl (C=O) groups is 2. The van der Waals surface area contributed by atoms with E-state index < -0.39 is 11.9 Å². The van der Waals surface area contributed by atoms with Crippen LogP contribution in [0.15, 0.2) is 169 Å². The minimum absolute atomic E-state index is 0.0408. The first-order chi connectivity index (χ1) is 36.7. The summed E-state index contributed by atoms with van der Waals surface area (Å²) in [5.41, 5.74) is 16.2. The van der Waals surface area contributed by atoms with Gasteiger partial charge < -0.3 is 10.0 Å². The first-order valence-corrected chi connectivity index (χ1v) is 28.7. The minimum Gasteiger partial charge on any atom is -0.476 e. The number of carboxylic acids is 1. The first kappa shape index (κ1) is 50.0. The number of hydrogen-bond donors (Lipinski definition) is 1. The zero-order chi connectivity index (χ0) is 51.7. The molecule has 3 aliphatic rings. The number of benzene rings is 5. The Kier molecular flexibility index (Phi) is 14.1. The number of unbranched alkanes of at least 4 members (excludes halogenated alkanes) is 4. The van der Waals surface area contributed by atoms with E-state index >= 15 is 0 Å². The van der Waals surface area contributed by atoms with Gasteiger partial charge in [0.05, 0.1) is 11.3 Å². The average molecular weight is 1030 g/mol. The molecule has 378 valence electrons. The highest BCUT2D eigenvalue weighted by atomic mass is 32.1. The summed E-state index contributed by atoms with van der Waals surface area (Å²) in [5.74, 6) is -1.74. The van der Waals surface area contributed by atoms with Gasteiger partial charge in [0.15, 0.2) is 5.71 Å². The lowest BCUT2D eigenvalue weighted by Crippen LogP contribution is -2.26. The zero-order valence-electron chi connectivity index (χ0n) is 43.4. The molecule has 0 atom stereocenters. The zero-order valence-corrected chi connectivity index (χ0v) is 45.1. The number of thiophene rings is 2. The van der Waals surface area contributed by atoms with E-state index in [0.717, 1.165) is 87.1 Å². The lowest BCUT2D eigenvalue weighted by molar-refractivity contribution is -0.129. The van der Waals surface area contributed by atoms with Crippen molar-refractivity contribution in [2.45, 2.75) is 116 Å². The quantitative estimate of drug-likeness (QED) is 0.0769. The second kappa shape index (κ2) is 21.2. The summed E-state index contributed by atoms with van der Waals surface area (Å²) in [6.07, 6.45) is 18.7. The predicted molar refractivity (Wildman–Crippen MR) is 313 cm³/mol. The van der Waals surface area contributed by atoms with Crippen LogP contribution in [0.2, 0.25) is 0 Å². The molecule has 0 saturated carbocycles. The van der Waals surface area contributed by atoms with E-state index in [-0.39, 0.29) is 22.1 Å². The summed E-state index contributed by atoms with van der Waals surface area (Å²) >= 11 is 3.24. The van der Waals surface area contributed by atoms with Crippen LogP contribution < -0.4 is 9.91 Å². The summed E-state index contributed by atoms with van der Waals surface area (Å²) in [6, 6.07) is 53.8. The highest BCUT2D eigenvalue weighted by Gasteiger charge is 2.44. The van der Waals surface area contributed by atoms with Crippen LogP contribution in [0.25, 0.3) is 48.5 Å². The second-order valence-electron chi connectivity index (χ2n) is 20.5. The number of aliphatic carboxylic acids is 1. The first-order valence-electron chi connectivity index (χ1n) is 27.1. The molecule has 0 spiro atoms. The number of nitrogens with zero attached hydrogens (tertiary/aromatic N) is 4. The molecule has 1 amide bonds. The number of carboxylic acid groups (broad SMARTS) is 1. The molecule has 7 nitrogen and oxygen atoms in total. The van der Waals surface area contributed by atoms with E-state index in [2.05, 4.69) is 164 Å². The maximum Gasteiger partial charge on any atom is 0.357 e. The van der Waals surface area contributed by atoms with E-state index in [1.165, 1.54) is 92.9 Å². The molecule has 8 aromatic rings. The average Bonchev–Trinajstić information content (AvgIpc) is 4.33. The molecular weight excluding hydrogens is 961 g/mol. The third kappa shape index (κ3) is 8.97. The number of hydrazone groups is 1. The fourth-order valence-corrected chi connectivity index (χ4v) is 14.4. The number of rotatable bonds is 20. The van der Waals surface area contributed by atoms with Crippen molar-refractivity contribution in [3.05, 3.63) is 191 Å². The monoisotopic (exact) mass is 1020 g/mol. The van der Waals surface area contributed by atoms with E-state index in [9.17, 15) is 14.7 Å². The van der Waals surface area contributed by atoms with Gasteiger partial charge in [0, 0.05) is 59.8 Å². The van der Waals surface area contributed by atoms with Gasteiger partial charge in [-0.2, -0.15) is 10.1 Å². The van der Waals surface area contributed by atoms with Crippen molar-refractivity contribution >= 4 is 69.1 Å². The van der Waals surface area contributed by atoms with Crippen molar-refractivity contribution in [3.63, 3.8) is 0 Å². The Morgan fingerprint density at radius 1 is 0.560 bits per heavy atom. The molecule has 1 N–H and O–H groups in total. The highest BCUT2D eigenvalue weighted by molar-refractivity contribution is 7.24. The van der Waals surface area contributed by atoms with Gasteiger partial charge in [-0.25, -0.2) is 4.79 Å². The number of carbonyl (C=O) groups excluding carboxylic acids is 1. The topological polar surface area (TPSA) is 86.1 Å². The standard InChI is InChI=1S/C66H64N4O3S2/c1-5-9-35-65(36-10-6-2)55-19-15-13-17-50(55)52-28-25-47(41-57(52)65)69(48-26-29-53-51-18-14-16-20-56(51)66(37-11-7-3,38-12-8-4)58(53)42-48)45-23-21-44(22-24-45)59-31-32-61(75-59)60-30-27-49(74-60)43-54-62(64(72)73)68-70(63(54)71)46-33-39-67-40-34-46/h13-34,39-43H,5-12,35-38H2,1-4H3,(H,72,73). The van der Waals surface area contributed by atoms with Crippen LogP contribution in [-0.2, 0) is 20.4 Å². The van der Waals surface area contributed by atoms with Crippen molar-refractivity contribution < 1.29 is 14.7 Å². The normalized spacial score (nSPS) is 15.2. The molecule has 0 bridgehead atoms. The van der Waals surface area contributed by atoms with Crippen LogP contribution in [0.5, 0.6) is 0 Å². The Morgan fingerprint density at radius 3 is 1.57 bits per heavy atom. The van der Waals surface area contributed by atoms with Crippen LogP contribution in [0.1, 0.15) is 132 Å². The largest absolute Gasteiger partial charge is 0.476 e. The molecule has 75 heavy (non-hydrogen) atoms. The summed E-state index contributed by atoms with van der Waals surface area (Å²) in [4.78, 5) is 36.4. The van der Waals surface area contributed by atoms with E-state index in [4.69, 9.17) is 0 Å². The Labute approximate surface area is 450 Å². The Balaban J connectivity index is 0.975. The van der Waals surface area contributed by atoms with Crippen molar-refractivity contribution in [2.75, 3.05) is 9.91 Å². The van der Waals surface area contributed by atoms with Gasteiger partial charge in [0.2, 0.25) is 0 Å². The predicted octanol–water partition coefficient (Wildman–Crippen LogP) is 18.2. The van der Waals surface area contributed by atoms with Crippen molar-refractivity contribution in [3.8, 4) is 42.4 Å². The lowest BCUT2D eigenvalue weighted by Gasteiger charge is -2.35. The fraction of sp³-hybridized carbons (Fsp3) is 0.273. The summed E-state index contributed by atoms with van der Waals surface area (Å²) in [7, 11) is 0. The van der Waals surface area contributed by atoms with Gasteiger partial charge in [0.1, 0.15) is 0 Å². The molecule has 0 unspecified atom stereocenters. The molecule has 0 fully saturated rings. The third-order valence-electron chi connectivity index (χ3n) is 16.0. The maximum absolute atomic E-state index is 13.5. The molecule has 4 heterocycles. The number of anilines is 4. The van der Waals surface area contributed by atoms with Crippen LogP contribution in [0, 0.1) is 0 Å². The number of hydrogen-bond acceptors (Lipinski definition) is 7. The molecule has 11 rings (SSSR count).